The Morgan fingerprint density at radius 3 is 2.86 bits per heavy atom. The molecule has 7 heteroatoms. The number of esters is 1. The number of hydrogen-bond donors (Lipinski definition) is 1. The molecule has 0 aliphatic rings. The Kier molecular flexibility index (Phi) is 5.36. The molecule has 0 saturated heterocycles. The highest BCUT2D eigenvalue weighted by molar-refractivity contribution is 7.20. The molecular weight excluding hydrogens is 392 g/mol. The number of para-hydroxylation sites is 1. The number of rotatable bonds is 7. The van der Waals surface area contributed by atoms with Crippen molar-refractivity contribution in [2.24, 2.45) is 0 Å². The number of fused-ring (bicyclic) bond motifs is 1. The first kappa shape index (κ1) is 18.6. The van der Waals surface area contributed by atoms with Crippen LogP contribution in [-0.4, -0.2) is 28.3 Å². The molecule has 4 rings (SSSR count). The van der Waals surface area contributed by atoms with Crippen LogP contribution in [0.3, 0.4) is 0 Å². The standard InChI is InChI=1S/C21H18N2O3S2/c1-2-13-5-3-6-15-16(10-22-20(13)15)17(24)11-26-19(25)9-14-12-28-21(23-14)18-7-4-8-27-18/h3-8,10,12,22H,2,9,11H2,1H3. The zero-order valence-electron chi connectivity index (χ0n) is 15.2. The van der Waals surface area contributed by atoms with Gasteiger partial charge < -0.3 is 9.72 Å². The molecule has 0 amide bonds. The summed E-state index contributed by atoms with van der Waals surface area (Å²) in [5.74, 6) is -0.670. The number of thiazole rings is 1. The van der Waals surface area contributed by atoms with Crippen molar-refractivity contribution in [1.29, 1.82) is 0 Å². The number of aryl methyl sites for hydroxylation is 1. The van der Waals surface area contributed by atoms with Crippen LogP contribution >= 0.6 is 22.7 Å². The molecule has 142 valence electrons. The van der Waals surface area contributed by atoms with Crippen molar-refractivity contribution in [2.45, 2.75) is 19.8 Å². The van der Waals surface area contributed by atoms with Crippen molar-refractivity contribution < 1.29 is 14.3 Å². The van der Waals surface area contributed by atoms with Crippen molar-refractivity contribution in [1.82, 2.24) is 9.97 Å². The van der Waals surface area contributed by atoms with E-state index in [1.165, 1.54) is 11.3 Å². The number of thiophene rings is 1. The van der Waals surface area contributed by atoms with Gasteiger partial charge in [-0.1, -0.05) is 31.2 Å². The summed E-state index contributed by atoms with van der Waals surface area (Å²) in [6.07, 6.45) is 2.62. The van der Waals surface area contributed by atoms with E-state index >= 15 is 0 Å². The minimum Gasteiger partial charge on any atom is -0.457 e. The topological polar surface area (TPSA) is 72.1 Å². The third-order valence-corrected chi connectivity index (χ3v) is 6.39. The monoisotopic (exact) mass is 410 g/mol. The number of nitrogens with one attached hydrogen (secondary N) is 1. The Labute approximate surface area is 170 Å². The van der Waals surface area contributed by atoms with E-state index in [2.05, 4.69) is 16.9 Å². The Morgan fingerprint density at radius 1 is 1.18 bits per heavy atom. The molecule has 0 radical (unpaired) electrons. The summed E-state index contributed by atoms with van der Waals surface area (Å²) < 4.78 is 5.20. The zero-order chi connectivity index (χ0) is 19.5. The maximum absolute atomic E-state index is 12.5. The highest BCUT2D eigenvalue weighted by Gasteiger charge is 2.16. The molecule has 0 atom stereocenters. The van der Waals surface area contributed by atoms with Crippen LogP contribution in [0.15, 0.2) is 47.3 Å². The first-order chi connectivity index (χ1) is 13.7. The number of H-pyrrole nitrogens is 1. The van der Waals surface area contributed by atoms with Gasteiger partial charge in [-0.25, -0.2) is 4.98 Å². The lowest BCUT2D eigenvalue weighted by atomic mass is 10.1. The quantitative estimate of drug-likeness (QED) is 0.348. The van der Waals surface area contributed by atoms with Crippen LogP contribution in [-0.2, 0) is 22.4 Å². The van der Waals surface area contributed by atoms with E-state index < -0.39 is 5.97 Å². The number of carbonyl (C=O) groups is 2. The average molecular weight is 411 g/mol. The molecule has 0 bridgehead atoms. The van der Waals surface area contributed by atoms with Crippen LogP contribution < -0.4 is 0 Å². The van der Waals surface area contributed by atoms with Crippen molar-refractivity contribution in [2.75, 3.05) is 6.61 Å². The summed E-state index contributed by atoms with van der Waals surface area (Å²) in [4.78, 5) is 33.4. The maximum Gasteiger partial charge on any atom is 0.312 e. The number of hydrogen-bond acceptors (Lipinski definition) is 6. The van der Waals surface area contributed by atoms with Gasteiger partial charge in [0.1, 0.15) is 5.01 Å². The third-order valence-electron chi connectivity index (χ3n) is 4.46. The third kappa shape index (κ3) is 3.76. The summed E-state index contributed by atoms with van der Waals surface area (Å²) in [5.41, 5.74) is 3.32. The Hall–Kier alpha value is -2.77. The van der Waals surface area contributed by atoms with E-state index in [4.69, 9.17) is 4.74 Å². The van der Waals surface area contributed by atoms with Gasteiger partial charge in [-0.2, -0.15) is 0 Å². The minimum atomic E-state index is -0.453. The SMILES string of the molecule is CCc1cccc2c(C(=O)COC(=O)Cc3csc(-c4cccs4)n3)c[nH]c12. The lowest BCUT2D eigenvalue weighted by molar-refractivity contribution is -0.141. The van der Waals surface area contributed by atoms with Gasteiger partial charge in [0.2, 0.25) is 5.78 Å². The van der Waals surface area contributed by atoms with Gasteiger partial charge in [0.15, 0.2) is 6.61 Å². The highest BCUT2D eigenvalue weighted by atomic mass is 32.1. The van der Waals surface area contributed by atoms with Crippen molar-refractivity contribution in [3.63, 3.8) is 0 Å². The summed E-state index contributed by atoms with van der Waals surface area (Å²) in [6.45, 7) is 1.80. The second-order valence-corrected chi connectivity index (χ2v) is 8.08. The molecule has 28 heavy (non-hydrogen) atoms. The molecule has 3 aromatic heterocycles. The first-order valence-corrected chi connectivity index (χ1v) is 10.7. The number of benzene rings is 1. The predicted octanol–water partition coefficient (Wildman–Crippen LogP) is 4.88. The number of Topliss-reactive ketones (excluding diaryl/α,β-unsaturated/α-hetero) is 1. The molecule has 3 heterocycles. The Balaban J connectivity index is 1.38. The van der Waals surface area contributed by atoms with E-state index in [-0.39, 0.29) is 18.8 Å². The fourth-order valence-electron chi connectivity index (χ4n) is 3.07. The maximum atomic E-state index is 12.5. The van der Waals surface area contributed by atoms with E-state index in [1.54, 1.807) is 17.5 Å². The summed E-state index contributed by atoms with van der Waals surface area (Å²) >= 11 is 3.11. The summed E-state index contributed by atoms with van der Waals surface area (Å²) in [6, 6.07) is 9.84. The minimum absolute atomic E-state index is 0.0586. The first-order valence-electron chi connectivity index (χ1n) is 8.91. The van der Waals surface area contributed by atoms with Crippen LogP contribution in [0.1, 0.15) is 28.5 Å². The normalized spacial score (nSPS) is 11.0. The molecule has 0 aliphatic heterocycles. The second kappa shape index (κ2) is 8.08. The van der Waals surface area contributed by atoms with Crippen LogP contribution in [0, 0.1) is 0 Å². The molecule has 1 aromatic carbocycles. The van der Waals surface area contributed by atoms with Gasteiger partial charge in [-0.3, -0.25) is 9.59 Å². The van der Waals surface area contributed by atoms with Crippen LogP contribution in [0.25, 0.3) is 20.8 Å². The molecule has 5 nitrogen and oxygen atoms in total. The zero-order valence-corrected chi connectivity index (χ0v) is 16.9. The second-order valence-electron chi connectivity index (χ2n) is 6.28. The molecule has 1 N–H and O–H groups in total. The van der Waals surface area contributed by atoms with Crippen molar-refractivity contribution >= 4 is 45.3 Å². The lowest BCUT2D eigenvalue weighted by Crippen LogP contribution is -2.15. The lowest BCUT2D eigenvalue weighted by Gasteiger charge is -2.03. The molecule has 0 aliphatic carbocycles. The highest BCUT2D eigenvalue weighted by Crippen LogP contribution is 2.28. The average Bonchev–Trinajstić information content (AvgIpc) is 3.45. The fraction of sp³-hybridized carbons (Fsp3) is 0.190. The molecule has 0 saturated carbocycles. The summed E-state index contributed by atoms with van der Waals surface area (Å²) in [7, 11) is 0. The van der Waals surface area contributed by atoms with E-state index in [9.17, 15) is 9.59 Å². The number of nitrogens with zero attached hydrogens (tertiary/aromatic N) is 1. The molecule has 0 spiro atoms. The number of ketones is 1. The van der Waals surface area contributed by atoms with Gasteiger partial charge in [-0.05, 0) is 23.4 Å². The van der Waals surface area contributed by atoms with E-state index in [1.807, 2.05) is 41.1 Å². The van der Waals surface area contributed by atoms with Crippen LogP contribution in [0.4, 0.5) is 0 Å². The van der Waals surface area contributed by atoms with Gasteiger partial charge in [0.25, 0.3) is 0 Å². The summed E-state index contributed by atoms with van der Waals surface area (Å²) in [5, 5.41) is 5.59. The number of carbonyl (C=O) groups excluding carboxylic acids is 2. The Morgan fingerprint density at radius 2 is 2.07 bits per heavy atom. The van der Waals surface area contributed by atoms with Crippen LogP contribution in [0.5, 0.6) is 0 Å². The molecule has 0 unspecified atom stereocenters. The van der Waals surface area contributed by atoms with E-state index in [0.717, 1.165) is 32.8 Å². The van der Waals surface area contributed by atoms with Gasteiger partial charge in [-0.15, -0.1) is 22.7 Å². The Bertz CT molecular complexity index is 1130. The van der Waals surface area contributed by atoms with Crippen molar-refractivity contribution in [3.05, 3.63) is 64.1 Å². The number of aromatic amines is 1. The van der Waals surface area contributed by atoms with Crippen LogP contribution in [0.2, 0.25) is 0 Å². The van der Waals surface area contributed by atoms with E-state index in [0.29, 0.717) is 11.3 Å². The molecular formula is C21H18N2O3S2. The number of aromatic nitrogens is 2. The van der Waals surface area contributed by atoms with Crippen molar-refractivity contribution in [3.8, 4) is 9.88 Å². The molecule has 0 fully saturated rings. The van der Waals surface area contributed by atoms with Gasteiger partial charge in [0, 0.05) is 28.0 Å². The smallest absolute Gasteiger partial charge is 0.312 e. The largest absolute Gasteiger partial charge is 0.457 e. The molecule has 4 aromatic rings. The number of ether oxygens (including phenoxy) is 1. The predicted molar refractivity (Wildman–Crippen MR) is 112 cm³/mol. The fourth-order valence-corrected chi connectivity index (χ4v) is 4.70. The van der Waals surface area contributed by atoms with Gasteiger partial charge in [0.05, 0.1) is 17.0 Å². The van der Waals surface area contributed by atoms with Gasteiger partial charge >= 0.3 is 5.97 Å².